The number of aromatic hydroxyl groups is 1. The number of aliphatic hydroxyl groups excluding tert-OH is 3. The fraction of sp³-hybridized carbons (Fsp3) is 0.381. The van der Waals surface area contributed by atoms with Gasteiger partial charge in [-0.25, -0.2) is 0 Å². The maximum Gasteiger partial charge on any atom is 1.00 e. The van der Waals surface area contributed by atoms with Crippen LogP contribution in [0.4, 0.5) is 0 Å². The third kappa shape index (κ3) is 4.98. The van der Waals surface area contributed by atoms with Crippen molar-refractivity contribution in [1.29, 1.82) is 0 Å². The number of aliphatic hydroxyl groups is 3. The average Bonchev–Trinajstić information content (AvgIpc) is 2.74. The SMILES string of the molecule is O=C([O-])[C@H]1O[C@@H](Oc2ccc3c(c2)OCC(c2ccc(O)cc2)C3)[C@H](O)[C@@H](O)[C@@H]1O.[Na+]. The van der Waals surface area contributed by atoms with Gasteiger partial charge in [-0.1, -0.05) is 18.2 Å². The van der Waals surface area contributed by atoms with Crippen LogP contribution in [-0.2, 0) is 16.0 Å². The molecule has 0 saturated carbocycles. The molecule has 10 heteroatoms. The number of benzene rings is 2. The zero-order chi connectivity index (χ0) is 21.4. The van der Waals surface area contributed by atoms with E-state index in [1.807, 2.05) is 12.1 Å². The molecule has 2 aromatic rings. The molecule has 0 amide bonds. The van der Waals surface area contributed by atoms with E-state index in [0.717, 1.165) is 11.1 Å². The number of aliphatic carboxylic acids is 1. The number of rotatable bonds is 4. The predicted molar refractivity (Wildman–Crippen MR) is 98.8 cm³/mol. The van der Waals surface area contributed by atoms with Crippen LogP contribution < -0.4 is 44.1 Å². The molecule has 1 unspecified atom stereocenters. The standard InChI is InChI=1S/C21H22O9.Na/c22-13-4-1-10(2-5-13)12-7-11-3-6-14(8-15(11)28-9-12)29-21-18(25)16(23)17(24)19(30-21)20(26)27;/h1-6,8,12,16-19,21-25H,7,9H2,(H,26,27);/q;+1/p-1/t12?,16-,17-,18+,19-,21+;/m0./s1. The molecule has 2 aromatic carbocycles. The number of carbonyl (C=O) groups excluding carboxylic acids is 1. The van der Waals surface area contributed by atoms with Gasteiger partial charge in [0.25, 0.3) is 0 Å². The molecule has 2 aliphatic rings. The van der Waals surface area contributed by atoms with E-state index in [2.05, 4.69) is 0 Å². The molecule has 6 atom stereocenters. The third-order valence-electron chi connectivity index (χ3n) is 5.36. The van der Waals surface area contributed by atoms with Crippen LogP contribution in [0.3, 0.4) is 0 Å². The van der Waals surface area contributed by atoms with Gasteiger partial charge in [0.2, 0.25) is 6.29 Å². The van der Waals surface area contributed by atoms with E-state index in [9.17, 15) is 30.3 Å². The van der Waals surface area contributed by atoms with Gasteiger partial charge in [0, 0.05) is 12.0 Å². The molecule has 4 rings (SSSR count). The zero-order valence-corrected chi connectivity index (χ0v) is 18.7. The van der Waals surface area contributed by atoms with Crippen molar-refractivity contribution in [3.63, 3.8) is 0 Å². The maximum absolute atomic E-state index is 11.1. The Kier molecular flexibility index (Phi) is 7.48. The molecular weight excluding hydrogens is 419 g/mol. The number of hydrogen-bond donors (Lipinski definition) is 4. The van der Waals surface area contributed by atoms with E-state index in [1.54, 1.807) is 30.3 Å². The van der Waals surface area contributed by atoms with Gasteiger partial charge in [-0.05, 0) is 35.7 Å². The fourth-order valence-corrected chi connectivity index (χ4v) is 3.66. The molecule has 1 fully saturated rings. The van der Waals surface area contributed by atoms with Gasteiger partial charge in [-0.2, -0.15) is 0 Å². The first-order valence-electron chi connectivity index (χ1n) is 9.45. The van der Waals surface area contributed by atoms with E-state index < -0.39 is 36.7 Å². The number of phenols is 1. The molecule has 2 aliphatic heterocycles. The summed E-state index contributed by atoms with van der Waals surface area (Å²) in [4.78, 5) is 11.1. The zero-order valence-electron chi connectivity index (χ0n) is 16.7. The summed E-state index contributed by atoms with van der Waals surface area (Å²) in [6.07, 6.45) is -7.92. The van der Waals surface area contributed by atoms with Gasteiger partial charge >= 0.3 is 29.6 Å². The molecule has 0 bridgehead atoms. The van der Waals surface area contributed by atoms with Crippen LogP contribution in [0.25, 0.3) is 0 Å². The predicted octanol–water partition coefficient (Wildman–Crippen LogP) is -3.95. The summed E-state index contributed by atoms with van der Waals surface area (Å²) in [6, 6.07) is 11.9. The Labute approximate surface area is 200 Å². The summed E-state index contributed by atoms with van der Waals surface area (Å²) in [6.45, 7) is 0.418. The molecule has 1 saturated heterocycles. The average molecular weight is 440 g/mol. The Bertz CT molecular complexity index is 920. The number of carbonyl (C=O) groups is 1. The summed E-state index contributed by atoms with van der Waals surface area (Å²) in [5.74, 6) is -0.597. The minimum atomic E-state index is -1.84. The number of phenolic OH excluding ortho intramolecular Hbond substituents is 1. The normalized spacial score (nSPS) is 29.8. The number of carboxylic acid groups (broad SMARTS) is 1. The van der Waals surface area contributed by atoms with Gasteiger partial charge in [-0.3, -0.25) is 0 Å². The second-order valence-electron chi connectivity index (χ2n) is 7.41. The van der Waals surface area contributed by atoms with Gasteiger partial charge in [0.15, 0.2) is 0 Å². The third-order valence-corrected chi connectivity index (χ3v) is 5.36. The van der Waals surface area contributed by atoms with Crippen LogP contribution >= 0.6 is 0 Å². The smallest absolute Gasteiger partial charge is 0.547 e. The first-order chi connectivity index (χ1) is 14.3. The largest absolute Gasteiger partial charge is 1.00 e. The Balaban J connectivity index is 0.00000272. The second-order valence-corrected chi connectivity index (χ2v) is 7.41. The summed E-state index contributed by atoms with van der Waals surface area (Å²) >= 11 is 0. The first-order valence-corrected chi connectivity index (χ1v) is 9.45. The molecule has 4 N–H and O–H groups in total. The molecular formula is C21H21NaO9. The van der Waals surface area contributed by atoms with Crippen LogP contribution in [0.15, 0.2) is 42.5 Å². The molecule has 0 aliphatic carbocycles. The van der Waals surface area contributed by atoms with Gasteiger partial charge in [0.1, 0.15) is 41.7 Å². The monoisotopic (exact) mass is 440 g/mol. The van der Waals surface area contributed by atoms with Crippen molar-refractivity contribution in [2.24, 2.45) is 0 Å². The Morgan fingerprint density at radius 2 is 1.74 bits per heavy atom. The molecule has 0 radical (unpaired) electrons. The van der Waals surface area contributed by atoms with Crippen LogP contribution in [0, 0.1) is 0 Å². The molecule has 0 spiro atoms. The summed E-state index contributed by atoms with van der Waals surface area (Å²) in [7, 11) is 0. The van der Waals surface area contributed by atoms with Crippen molar-refractivity contribution in [3.8, 4) is 17.2 Å². The van der Waals surface area contributed by atoms with Crippen LogP contribution in [0.1, 0.15) is 17.0 Å². The van der Waals surface area contributed by atoms with Crippen LogP contribution in [0.2, 0.25) is 0 Å². The van der Waals surface area contributed by atoms with E-state index in [-0.39, 0.29) is 47.0 Å². The van der Waals surface area contributed by atoms with Crippen LogP contribution in [-0.4, -0.2) is 63.7 Å². The van der Waals surface area contributed by atoms with Crippen LogP contribution in [0.5, 0.6) is 17.2 Å². The molecule has 0 aromatic heterocycles. The first kappa shape index (κ1) is 23.8. The summed E-state index contributed by atoms with van der Waals surface area (Å²) in [5, 5.41) is 50.2. The van der Waals surface area contributed by atoms with Gasteiger partial charge < -0.3 is 44.5 Å². The van der Waals surface area contributed by atoms with Crippen molar-refractivity contribution in [1.82, 2.24) is 0 Å². The summed E-state index contributed by atoms with van der Waals surface area (Å²) in [5.41, 5.74) is 1.97. The minimum absolute atomic E-state index is 0. The Morgan fingerprint density at radius 3 is 2.42 bits per heavy atom. The molecule has 160 valence electrons. The minimum Gasteiger partial charge on any atom is -0.547 e. The Hall–Kier alpha value is -1.85. The second kappa shape index (κ2) is 9.74. The summed E-state index contributed by atoms with van der Waals surface area (Å²) < 4.78 is 16.4. The number of fused-ring (bicyclic) bond motifs is 1. The number of hydrogen-bond acceptors (Lipinski definition) is 9. The number of ether oxygens (including phenoxy) is 3. The van der Waals surface area contributed by atoms with E-state index >= 15 is 0 Å². The van der Waals surface area contributed by atoms with Gasteiger partial charge in [0.05, 0.1) is 12.6 Å². The van der Waals surface area contributed by atoms with E-state index in [1.165, 1.54) is 0 Å². The molecule has 2 heterocycles. The molecule has 31 heavy (non-hydrogen) atoms. The number of carboxylic acids is 1. The topological polar surface area (TPSA) is 149 Å². The van der Waals surface area contributed by atoms with Crippen molar-refractivity contribution in [3.05, 3.63) is 53.6 Å². The fourth-order valence-electron chi connectivity index (χ4n) is 3.66. The van der Waals surface area contributed by atoms with Crippen molar-refractivity contribution < 1.29 is 74.1 Å². The molecule has 9 nitrogen and oxygen atoms in total. The van der Waals surface area contributed by atoms with E-state index in [0.29, 0.717) is 18.8 Å². The van der Waals surface area contributed by atoms with Crippen molar-refractivity contribution in [2.45, 2.75) is 43.0 Å². The van der Waals surface area contributed by atoms with E-state index in [4.69, 9.17) is 14.2 Å². The van der Waals surface area contributed by atoms with Crippen molar-refractivity contribution >= 4 is 5.97 Å². The maximum atomic E-state index is 11.1. The Morgan fingerprint density at radius 1 is 1.03 bits per heavy atom. The van der Waals surface area contributed by atoms with Crippen molar-refractivity contribution in [2.75, 3.05) is 6.61 Å². The van der Waals surface area contributed by atoms with Gasteiger partial charge in [-0.15, -0.1) is 0 Å². The quantitative estimate of drug-likeness (QED) is 0.350.